The van der Waals surface area contributed by atoms with E-state index in [2.05, 4.69) is 439 Å². The van der Waals surface area contributed by atoms with Crippen molar-refractivity contribution in [1.82, 2.24) is 9.13 Å². The van der Waals surface area contributed by atoms with E-state index in [0.717, 1.165) is 48.4 Å². The molecule has 9 aliphatic rings. The van der Waals surface area contributed by atoms with Crippen LogP contribution in [0.3, 0.4) is 0 Å². The van der Waals surface area contributed by atoms with Crippen LogP contribution >= 0.6 is 0 Å². The highest BCUT2D eigenvalue weighted by molar-refractivity contribution is 7.01. The fourth-order valence-corrected chi connectivity index (χ4v) is 27.2. The van der Waals surface area contributed by atoms with Crippen molar-refractivity contribution in [2.45, 2.75) is 309 Å². The normalized spacial score (nSPS) is 20.4. The van der Waals surface area contributed by atoms with E-state index in [1.54, 1.807) is 5.56 Å². The predicted molar refractivity (Wildman–Crippen MR) is 567 cm³/mol. The molecule has 2 aromatic heterocycles. The Morgan fingerprint density at radius 2 is 0.705 bits per heavy atom. The van der Waals surface area contributed by atoms with Crippen LogP contribution in [0.15, 0.2) is 231 Å². The fourth-order valence-electron chi connectivity index (χ4n) is 27.2. The van der Waals surface area contributed by atoms with E-state index >= 15 is 0 Å². The second-order valence-corrected chi connectivity index (χ2v) is 49.9. The van der Waals surface area contributed by atoms with Crippen molar-refractivity contribution in [2.24, 2.45) is 0 Å². The largest absolute Gasteiger partial charge is 0.335 e. The van der Waals surface area contributed by atoms with E-state index in [1.165, 1.54) is 222 Å². The molecule has 6 nitrogen and oxygen atoms in total. The number of aromatic nitrogens is 2. The lowest BCUT2D eigenvalue weighted by atomic mass is 9.33. The number of fused-ring (bicyclic) bond motifs is 19. The summed E-state index contributed by atoms with van der Waals surface area (Å²) in [6.07, 6.45) is 11.5. The molecule has 14 aromatic rings. The van der Waals surface area contributed by atoms with Crippen molar-refractivity contribution >= 4 is 125 Å². The van der Waals surface area contributed by atoms with Gasteiger partial charge in [-0.3, -0.25) is 0 Å². The molecule has 0 spiro atoms. The second kappa shape index (κ2) is 27.9. The molecule has 23 rings (SSSR count). The van der Waals surface area contributed by atoms with Crippen LogP contribution in [-0.4, -0.2) is 33.6 Å². The second-order valence-electron chi connectivity index (χ2n) is 49.9. The van der Waals surface area contributed by atoms with Crippen molar-refractivity contribution in [3.05, 3.63) is 297 Å². The Bertz CT molecular complexity index is 7160. The van der Waals surface area contributed by atoms with Crippen LogP contribution in [0, 0.1) is 6.92 Å². The molecule has 8 heterocycles. The Kier molecular flexibility index (Phi) is 18.0. The minimum atomic E-state index is -0.243. The van der Waals surface area contributed by atoms with Gasteiger partial charge in [0.05, 0.1) is 33.8 Å². The van der Waals surface area contributed by atoms with Gasteiger partial charge in [0.15, 0.2) is 0 Å². The highest BCUT2D eigenvalue weighted by atomic mass is 15.3. The Morgan fingerprint density at radius 1 is 0.318 bits per heavy atom. The lowest BCUT2D eigenvalue weighted by Gasteiger charge is -2.52. The fraction of sp³-hybridized carbons (Fsp3) is 0.387. The predicted octanol–water partition coefficient (Wildman–Crippen LogP) is 29.1. The zero-order chi connectivity index (χ0) is 92.5. The quantitative estimate of drug-likeness (QED) is 0.114. The lowest BCUT2D eigenvalue weighted by Crippen LogP contribution is -2.64. The molecule has 6 aliphatic heterocycles. The molecule has 668 valence electrons. The van der Waals surface area contributed by atoms with Gasteiger partial charge in [-0.05, 0) is 287 Å². The molecular formula is C124H136B2N6. The maximum Gasteiger partial charge on any atom is 0.252 e. The van der Waals surface area contributed by atoms with Crippen LogP contribution in [0.5, 0.6) is 0 Å². The molecule has 0 N–H and O–H groups in total. The number of anilines is 10. The van der Waals surface area contributed by atoms with Gasteiger partial charge in [0.25, 0.3) is 13.4 Å². The van der Waals surface area contributed by atoms with Gasteiger partial charge in [-0.1, -0.05) is 331 Å². The summed E-state index contributed by atoms with van der Waals surface area (Å²) in [6.45, 7) is 63.9. The third kappa shape index (κ3) is 11.8. The van der Waals surface area contributed by atoms with Crippen molar-refractivity contribution in [2.75, 3.05) is 19.6 Å². The summed E-state index contributed by atoms with van der Waals surface area (Å²) in [5.41, 5.74) is 47.5. The molecular weight excluding hydrogens is 1600 g/mol. The molecule has 3 aliphatic carbocycles. The number of hydrogen-bond donors (Lipinski definition) is 0. The standard InChI is InChI=1S/C124H136B2N6/c1-75-91-66-83(70-98-108(91)129(107(75)76-37-28-27-29-38-76)100-71-88(127(84-51-43-77(44-52-84)113(2,3)4)85-53-45-78(46-54-85)114(5,6)7)73-102-105(100)125(98)96-42-36-41-94-111(96)131(102)123(25)61-34-32-59-121(94,123)23)119(19,20)64-63-118(17,18)80-49-57-87(58-50-80)128(86-55-47-79(48-56-86)115(8,9)10)89-72-101-106-103(74-89)132-112-95(122(24)60-33-35-62-124(122,132)26)67-82(117(14,15)16)69-99(112)126(106)97-68-81(116(11,12)13)65-92-104-110(130(101)109(92)97)90-39-30-31-40-93(90)120(104,21)22/h27-31,36-58,65-74H,32-35,59-64H2,1-26H3. The molecule has 12 aromatic carbocycles. The molecule has 132 heavy (non-hydrogen) atoms. The van der Waals surface area contributed by atoms with E-state index in [0.29, 0.717) is 0 Å². The first-order valence-electron chi connectivity index (χ1n) is 50.2. The Balaban J connectivity index is 0.674. The minimum Gasteiger partial charge on any atom is -0.335 e. The summed E-state index contributed by atoms with van der Waals surface area (Å²) < 4.78 is 5.58. The number of benzene rings is 12. The summed E-state index contributed by atoms with van der Waals surface area (Å²) in [6, 6.07) is 93.7. The maximum atomic E-state index is 2.97. The first kappa shape index (κ1) is 85.3. The molecule has 0 bridgehead atoms. The van der Waals surface area contributed by atoms with E-state index in [4.69, 9.17) is 0 Å². The zero-order valence-electron chi connectivity index (χ0n) is 83.8. The topological polar surface area (TPSA) is 22.8 Å². The first-order valence-corrected chi connectivity index (χ1v) is 50.2. The van der Waals surface area contributed by atoms with Gasteiger partial charge in [0.1, 0.15) is 0 Å². The van der Waals surface area contributed by atoms with Gasteiger partial charge in [0, 0.05) is 100 Å². The number of nitrogens with zero attached hydrogens (tertiary/aromatic N) is 6. The monoisotopic (exact) mass is 1730 g/mol. The van der Waals surface area contributed by atoms with Crippen LogP contribution in [-0.2, 0) is 54.1 Å². The Morgan fingerprint density at radius 3 is 1.20 bits per heavy atom. The van der Waals surface area contributed by atoms with E-state index < -0.39 is 0 Å². The highest BCUT2D eigenvalue weighted by Crippen LogP contribution is 2.66. The Hall–Kier alpha value is -11.0. The van der Waals surface area contributed by atoms with Crippen LogP contribution < -0.4 is 52.4 Å². The third-order valence-electron chi connectivity index (χ3n) is 35.7. The molecule has 2 saturated carbocycles. The van der Waals surface area contributed by atoms with E-state index in [-0.39, 0.29) is 78.7 Å². The average molecular weight is 1730 g/mol. The summed E-state index contributed by atoms with van der Waals surface area (Å²) in [5.74, 6) is 0. The number of para-hydroxylation sites is 1. The smallest absolute Gasteiger partial charge is 0.252 e. The molecule has 0 radical (unpaired) electrons. The van der Waals surface area contributed by atoms with Gasteiger partial charge >= 0.3 is 0 Å². The van der Waals surface area contributed by atoms with Crippen LogP contribution in [0.4, 0.5) is 56.9 Å². The van der Waals surface area contributed by atoms with E-state index in [9.17, 15) is 0 Å². The van der Waals surface area contributed by atoms with Gasteiger partial charge in [0.2, 0.25) is 0 Å². The van der Waals surface area contributed by atoms with Gasteiger partial charge < -0.3 is 28.7 Å². The average Bonchev–Trinajstić information content (AvgIpc) is 1.48. The molecule has 8 heteroatoms. The molecule has 0 amide bonds. The summed E-state index contributed by atoms with van der Waals surface area (Å²) in [7, 11) is 0. The number of rotatable bonds is 12. The lowest BCUT2D eigenvalue weighted by molar-refractivity contribution is 0.195. The SMILES string of the molecule is Cc1c(-c2ccccc2)n2c3c(cc(C(C)(C)CCC(C)(C)c4ccc(N(c5ccc(C(C)(C)C)cc5)c5cc6c7c(c5)-n5c8c(c9cc(C(C)(C)C)cc(c95)B7c5cc(C(C)(C)C)cc7c5N6C5(C)CCCCC75C)C(C)(C)c5ccccc5-8)cc4)cc13)B1c3cccc4c3N(c3cc(N(c5ccc(C(C)(C)C)cc5)c5ccc(C(C)(C)C)cc5)cc-2c31)C1(C)CCCCC41C. The van der Waals surface area contributed by atoms with Crippen LogP contribution in [0.2, 0.25) is 0 Å². The molecule has 0 saturated heterocycles. The number of aryl methyl sites for hydroxylation is 1. The minimum absolute atomic E-state index is 0.00276. The molecule has 4 atom stereocenters. The third-order valence-corrected chi connectivity index (χ3v) is 35.7. The van der Waals surface area contributed by atoms with E-state index in [1.807, 2.05) is 0 Å². The van der Waals surface area contributed by atoms with Crippen molar-refractivity contribution in [3.63, 3.8) is 0 Å². The van der Waals surface area contributed by atoms with Crippen molar-refractivity contribution < 1.29 is 0 Å². The zero-order valence-corrected chi connectivity index (χ0v) is 83.8. The summed E-state index contributed by atoms with van der Waals surface area (Å²) in [5, 5.41) is 2.75. The highest BCUT2D eigenvalue weighted by Gasteiger charge is 2.64. The van der Waals surface area contributed by atoms with Crippen molar-refractivity contribution in [1.29, 1.82) is 0 Å². The van der Waals surface area contributed by atoms with Gasteiger partial charge in [-0.2, -0.15) is 0 Å². The number of hydrogen-bond acceptors (Lipinski definition) is 4. The van der Waals surface area contributed by atoms with Crippen molar-refractivity contribution in [3.8, 4) is 33.9 Å². The van der Waals surface area contributed by atoms with Crippen LogP contribution in [0.1, 0.15) is 304 Å². The first-order chi connectivity index (χ1) is 62.3. The Labute approximate surface area is 788 Å². The maximum absolute atomic E-state index is 2.97. The molecule has 2 fully saturated rings. The molecule has 4 unspecified atom stereocenters. The van der Waals surface area contributed by atoms with Gasteiger partial charge in [-0.15, -0.1) is 0 Å². The summed E-state index contributed by atoms with van der Waals surface area (Å²) >= 11 is 0. The van der Waals surface area contributed by atoms with Gasteiger partial charge in [-0.25, -0.2) is 0 Å². The summed E-state index contributed by atoms with van der Waals surface area (Å²) in [4.78, 5) is 11.1. The van der Waals surface area contributed by atoms with Crippen LogP contribution in [0.25, 0.3) is 55.7 Å².